The summed E-state index contributed by atoms with van der Waals surface area (Å²) < 4.78 is 13.1. The van der Waals surface area contributed by atoms with Gasteiger partial charge in [-0.05, 0) is 50.1 Å². The molecule has 1 N–H and O–H groups in total. The number of para-hydroxylation sites is 1. The van der Waals surface area contributed by atoms with Crippen LogP contribution in [0.2, 0.25) is 0 Å². The molecule has 182 valence electrons. The standard InChI is InChI=1S/C26H29N5O3S/c1-17(25(32)28-21-12-8-7-9-19(21)16-27)35-26-30-29-24(31(26)20-10-5-4-6-11-20)18-13-14-22(33-2)23(15-18)34-3/h7-9,12-15,17,20H,4-6,10-11H2,1-3H3,(H,28,32). The van der Waals surface area contributed by atoms with E-state index in [0.717, 1.165) is 37.1 Å². The molecular weight excluding hydrogens is 462 g/mol. The Kier molecular flexibility index (Phi) is 7.93. The van der Waals surface area contributed by atoms with Crippen molar-refractivity contribution in [2.24, 2.45) is 0 Å². The van der Waals surface area contributed by atoms with Gasteiger partial charge in [-0.25, -0.2) is 0 Å². The molecule has 1 amide bonds. The fraction of sp³-hybridized carbons (Fsp3) is 0.385. The number of amides is 1. The minimum Gasteiger partial charge on any atom is -0.493 e. The van der Waals surface area contributed by atoms with E-state index in [1.165, 1.54) is 18.2 Å². The van der Waals surface area contributed by atoms with Crippen LogP contribution in [0.5, 0.6) is 11.5 Å². The number of anilines is 1. The summed E-state index contributed by atoms with van der Waals surface area (Å²) in [6, 6.07) is 15.1. The topological polar surface area (TPSA) is 102 Å². The summed E-state index contributed by atoms with van der Waals surface area (Å²) in [7, 11) is 3.22. The second kappa shape index (κ2) is 11.3. The van der Waals surface area contributed by atoms with E-state index in [1.54, 1.807) is 38.5 Å². The third kappa shape index (κ3) is 5.43. The lowest BCUT2D eigenvalue weighted by molar-refractivity contribution is -0.115. The number of rotatable bonds is 8. The van der Waals surface area contributed by atoms with Crippen LogP contribution in [0.15, 0.2) is 47.6 Å². The largest absolute Gasteiger partial charge is 0.493 e. The fourth-order valence-electron chi connectivity index (χ4n) is 4.33. The number of nitrogens with one attached hydrogen (secondary N) is 1. The SMILES string of the molecule is COc1ccc(-c2nnc(SC(C)C(=O)Nc3ccccc3C#N)n2C2CCCCC2)cc1OC. The van der Waals surface area contributed by atoms with Crippen LogP contribution in [-0.2, 0) is 4.79 Å². The van der Waals surface area contributed by atoms with Crippen molar-refractivity contribution in [1.82, 2.24) is 14.8 Å². The van der Waals surface area contributed by atoms with Crippen molar-refractivity contribution in [2.45, 2.75) is 55.5 Å². The van der Waals surface area contributed by atoms with Gasteiger partial charge in [0.05, 0.1) is 30.7 Å². The molecule has 4 rings (SSSR count). The highest BCUT2D eigenvalue weighted by molar-refractivity contribution is 8.00. The number of ether oxygens (including phenoxy) is 2. The number of thioether (sulfide) groups is 1. The molecule has 0 aliphatic heterocycles. The molecule has 35 heavy (non-hydrogen) atoms. The quantitative estimate of drug-likeness (QED) is 0.418. The number of nitriles is 1. The lowest BCUT2D eigenvalue weighted by Gasteiger charge is -2.26. The minimum absolute atomic E-state index is 0.191. The van der Waals surface area contributed by atoms with E-state index in [0.29, 0.717) is 27.9 Å². The number of aromatic nitrogens is 3. The van der Waals surface area contributed by atoms with Crippen LogP contribution < -0.4 is 14.8 Å². The number of hydrogen-bond acceptors (Lipinski definition) is 7. The fourth-order valence-corrected chi connectivity index (χ4v) is 5.25. The van der Waals surface area contributed by atoms with Crippen LogP contribution in [0.25, 0.3) is 11.4 Å². The van der Waals surface area contributed by atoms with Crippen LogP contribution in [0.1, 0.15) is 50.6 Å². The predicted molar refractivity (Wildman–Crippen MR) is 136 cm³/mol. The zero-order chi connectivity index (χ0) is 24.8. The number of hydrogen-bond donors (Lipinski definition) is 1. The second-order valence-electron chi connectivity index (χ2n) is 8.44. The highest BCUT2D eigenvalue weighted by Crippen LogP contribution is 2.39. The number of carbonyl (C=O) groups excluding carboxylic acids is 1. The van der Waals surface area contributed by atoms with Crippen LogP contribution >= 0.6 is 11.8 Å². The molecule has 2 aromatic carbocycles. The normalized spacial score (nSPS) is 14.7. The predicted octanol–water partition coefficient (Wildman–Crippen LogP) is 5.46. The van der Waals surface area contributed by atoms with E-state index < -0.39 is 5.25 Å². The van der Waals surface area contributed by atoms with Crippen LogP contribution in [0, 0.1) is 11.3 Å². The first-order valence-electron chi connectivity index (χ1n) is 11.7. The Balaban J connectivity index is 1.63. The lowest BCUT2D eigenvalue weighted by Crippen LogP contribution is -2.24. The summed E-state index contributed by atoms with van der Waals surface area (Å²) in [5, 5.41) is 21.5. The molecule has 8 nitrogen and oxygen atoms in total. The van der Waals surface area contributed by atoms with E-state index in [1.807, 2.05) is 25.1 Å². The molecule has 0 bridgehead atoms. The number of methoxy groups -OCH3 is 2. The van der Waals surface area contributed by atoms with Crippen LogP contribution in [0.3, 0.4) is 0 Å². The van der Waals surface area contributed by atoms with Gasteiger partial charge in [-0.2, -0.15) is 5.26 Å². The molecule has 1 atom stereocenters. The van der Waals surface area contributed by atoms with E-state index in [-0.39, 0.29) is 11.9 Å². The van der Waals surface area contributed by atoms with Crippen molar-refractivity contribution in [2.75, 3.05) is 19.5 Å². The van der Waals surface area contributed by atoms with Gasteiger partial charge in [0, 0.05) is 11.6 Å². The van der Waals surface area contributed by atoms with E-state index in [9.17, 15) is 10.1 Å². The Morgan fingerprint density at radius 1 is 1.11 bits per heavy atom. The summed E-state index contributed by atoms with van der Waals surface area (Å²) in [5.74, 6) is 1.84. The Hall–Kier alpha value is -3.51. The van der Waals surface area contributed by atoms with Crippen LogP contribution in [0.4, 0.5) is 5.69 Å². The third-order valence-electron chi connectivity index (χ3n) is 6.20. The Labute approximate surface area is 209 Å². The van der Waals surface area contributed by atoms with Crippen molar-refractivity contribution in [1.29, 1.82) is 5.26 Å². The Morgan fingerprint density at radius 2 is 1.86 bits per heavy atom. The molecule has 1 unspecified atom stereocenters. The number of carbonyl (C=O) groups is 1. The lowest BCUT2D eigenvalue weighted by atomic mass is 9.95. The maximum absolute atomic E-state index is 13.0. The van der Waals surface area contributed by atoms with Crippen LogP contribution in [-0.4, -0.2) is 40.1 Å². The monoisotopic (exact) mass is 491 g/mol. The van der Waals surface area contributed by atoms with Gasteiger partial charge < -0.3 is 14.8 Å². The molecular formula is C26H29N5O3S. The zero-order valence-electron chi connectivity index (χ0n) is 20.2. The molecule has 1 heterocycles. The summed E-state index contributed by atoms with van der Waals surface area (Å²) >= 11 is 1.38. The van der Waals surface area contributed by atoms with Crippen molar-refractivity contribution in [3.05, 3.63) is 48.0 Å². The molecule has 1 fully saturated rings. The van der Waals surface area contributed by atoms with E-state index in [2.05, 4.69) is 26.2 Å². The first-order chi connectivity index (χ1) is 17.0. The first kappa shape index (κ1) is 24.6. The summed E-state index contributed by atoms with van der Waals surface area (Å²) in [5.41, 5.74) is 1.82. The molecule has 1 aromatic heterocycles. The van der Waals surface area contributed by atoms with Gasteiger partial charge >= 0.3 is 0 Å². The molecule has 0 spiro atoms. The first-order valence-corrected chi connectivity index (χ1v) is 12.6. The Morgan fingerprint density at radius 3 is 2.57 bits per heavy atom. The van der Waals surface area contributed by atoms with Gasteiger partial charge in [-0.1, -0.05) is 43.2 Å². The highest BCUT2D eigenvalue weighted by atomic mass is 32.2. The molecule has 3 aromatic rings. The van der Waals surface area contributed by atoms with Gasteiger partial charge in [0.15, 0.2) is 22.5 Å². The van der Waals surface area contributed by atoms with Crippen molar-refractivity contribution in [3.63, 3.8) is 0 Å². The average molecular weight is 492 g/mol. The minimum atomic E-state index is -0.438. The maximum Gasteiger partial charge on any atom is 0.237 e. The van der Waals surface area contributed by atoms with Gasteiger partial charge in [0.2, 0.25) is 5.91 Å². The molecule has 0 radical (unpaired) electrons. The van der Waals surface area contributed by atoms with Crippen molar-refractivity contribution < 1.29 is 14.3 Å². The second-order valence-corrected chi connectivity index (χ2v) is 9.75. The maximum atomic E-state index is 13.0. The van der Waals surface area contributed by atoms with E-state index in [4.69, 9.17) is 9.47 Å². The summed E-state index contributed by atoms with van der Waals surface area (Å²) in [6.45, 7) is 1.84. The smallest absolute Gasteiger partial charge is 0.237 e. The molecule has 1 aliphatic rings. The van der Waals surface area contributed by atoms with Crippen molar-refractivity contribution >= 4 is 23.4 Å². The summed E-state index contributed by atoms with van der Waals surface area (Å²) in [6.07, 6.45) is 5.62. The number of benzene rings is 2. The zero-order valence-corrected chi connectivity index (χ0v) is 21.0. The van der Waals surface area contributed by atoms with Gasteiger partial charge in [-0.3, -0.25) is 9.36 Å². The average Bonchev–Trinajstić information content (AvgIpc) is 3.32. The molecule has 1 aliphatic carbocycles. The molecule has 0 saturated heterocycles. The Bertz CT molecular complexity index is 1230. The molecule has 1 saturated carbocycles. The van der Waals surface area contributed by atoms with Crippen molar-refractivity contribution in [3.8, 4) is 29.0 Å². The highest BCUT2D eigenvalue weighted by Gasteiger charge is 2.27. The van der Waals surface area contributed by atoms with Gasteiger partial charge in [-0.15, -0.1) is 10.2 Å². The third-order valence-corrected chi connectivity index (χ3v) is 7.26. The number of nitrogens with zero attached hydrogens (tertiary/aromatic N) is 4. The summed E-state index contributed by atoms with van der Waals surface area (Å²) in [4.78, 5) is 13.0. The van der Waals surface area contributed by atoms with E-state index >= 15 is 0 Å². The molecule has 9 heteroatoms. The van der Waals surface area contributed by atoms with Gasteiger partial charge in [0.1, 0.15) is 6.07 Å². The van der Waals surface area contributed by atoms with Gasteiger partial charge in [0.25, 0.3) is 0 Å².